The number of imidazole rings is 1. The number of benzene rings is 1. The summed E-state index contributed by atoms with van der Waals surface area (Å²) < 4.78 is 0. The van der Waals surface area contributed by atoms with E-state index < -0.39 is 0 Å². The Morgan fingerprint density at radius 2 is 2.00 bits per heavy atom. The fourth-order valence-corrected chi connectivity index (χ4v) is 3.18. The van der Waals surface area contributed by atoms with Gasteiger partial charge >= 0.3 is 0 Å². The number of fused-ring (bicyclic) bond motifs is 1. The lowest BCUT2D eigenvalue weighted by Crippen LogP contribution is -2.23. The molecule has 1 atom stereocenters. The van der Waals surface area contributed by atoms with Gasteiger partial charge in [-0.3, -0.25) is 9.88 Å². The van der Waals surface area contributed by atoms with Crippen LogP contribution in [-0.2, 0) is 6.54 Å². The maximum atomic E-state index is 4.78. The molecule has 1 aromatic carbocycles. The SMILES string of the molecule is c1ccc2[nH]c(C3CCCN3Cc3ccncc3)nc2c1. The Morgan fingerprint density at radius 3 is 2.86 bits per heavy atom. The predicted molar refractivity (Wildman–Crippen MR) is 82.7 cm³/mol. The summed E-state index contributed by atoms with van der Waals surface area (Å²) in [7, 11) is 0. The lowest BCUT2D eigenvalue weighted by atomic mass is 10.2. The largest absolute Gasteiger partial charge is 0.341 e. The minimum Gasteiger partial charge on any atom is -0.341 e. The van der Waals surface area contributed by atoms with E-state index in [1.54, 1.807) is 0 Å². The first-order valence-corrected chi connectivity index (χ1v) is 7.48. The van der Waals surface area contributed by atoms with Crippen LogP contribution < -0.4 is 0 Å². The molecule has 0 bridgehead atoms. The van der Waals surface area contributed by atoms with E-state index in [2.05, 4.69) is 39.1 Å². The molecule has 4 nitrogen and oxygen atoms in total. The molecule has 0 saturated carbocycles. The van der Waals surface area contributed by atoms with E-state index in [0.717, 1.165) is 29.9 Å². The van der Waals surface area contributed by atoms with E-state index in [0.29, 0.717) is 6.04 Å². The van der Waals surface area contributed by atoms with Gasteiger partial charge in [-0.25, -0.2) is 4.98 Å². The molecule has 21 heavy (non-hydrogen) atoms. The molecular weight excluding hydrogens is 260 g/mol. The van der Waals surface area contributed by atoms with Gasteiger partial charge in [-0.1, -0.05) is 12.1 Å². The molecule has 3 aromatic rings. The van der Waals surface area contributed by atoms with Crippen LogP contribution in [0.1, 0.15) is 30.3 Å². The van der Waals surface area contributed by atoms with Crippen LogP contribution in [0.5, 0.6) is 0 Å². The van der Waals surface area contributed by atoms with Crippen molar-refractivity contribution in [3.05, 3.63) is 60.2 Å². The maximum absolute atomic E-state index is 4.78. The summed E-state index contributed by atoms with van der Waals surface area (Å²) >= 11 is 0. The molecule has 3 heterocycles. The third-order valence-electron chi connectivity index (χ3n) is 4.22. The van der Waals surface area contributed by atoms with E-state index in [-0.39, 0.29) is 0 Å². The van der Waals surface area contributed by atoms with E-state index in [1.165, 1.54) is 18.4 Å². The first kappa shape index (κ1) is 12.5. The van der Waals surface area contributed by atoms with Crippen LogP contribution in [0.25, 0.3) is 11.0 Å². The number of H-pyrrole nitrogens is 1. The van der Waals surface area contributed by atoms with Crippen molar-refractivity contribution in [3.63, 3.8) is 0 Å². The number of hydrogen-bond donors (Lipinski definition) is 1. The Balaban J connectivity index is 1.61. The number of nitrogens with one attached hydrogen (secondary N) is 1. The second kappa shape index (κ2) is 5.30. The first-order valence-electron chi connectivity index (χ1n) is 7.48. The van der Waals surface area contributed by atoms with Gasteiger partial charge in [-0.15, -0.1) is 0 Å². The first-order chi connectivity index (χ1) is 10.4. The van der Waals surface area contributed by atoms with Gasteiger partial charge in [0.25, 0.3) is 0 Å². The molecule has 1 aliphatic heterocycles. The Hall–Kier alpha value is -2.20. The van der Waals surface area contributed by atoms with Crippen LogP contribution in [0.15, 0.2) is 48.8 Å². The minimum atomic E-state index is 0.394. The molecule has 1 N–H and O–H groups in total. The van der Waals surface area contributed by atoms with E-state index >= 15 is 0 Å². The summed E-state index contributed by atoms with van der Waals surface area (Å²) in [6.07, 6.45) is 6.13. The number of aromatic amines is 1. The third kappa shape index (κ3) is 2.43. The van der Waals surface area contributed by atoms with E-state index in [1.807, 2.05) is 24.5 Å². The van der Waals surface area contributed by atoms with Crippen molar-refractivity contribution >= 4 is 11.0 Å². The van der Waals surface area contributed by atoms with Gasteiger partial charge in [0.2, 0.25) is 0 Å². The maximum Gasteiger partial charge on any atom is 0.124 e. The highest BCUT2D eigenvalue weighted by atomic mass is 15.2. The van der Waals surface area contributed by atoms with E-state index in [9.17, 15) is 0 Å². The van der Waals surface area contributed by atoms with Crippen LogP contribution in [0.3, 0.4) is 0 Å². The molecule has 1 aliphatic rings. The molecule has 1 saturated heterocycles. The minimum absolute atomic E-state index is 0.394. The smallest absolute Gasteiger partial charge is 0.124 e. The molecule has 0 aliphatic carbocycles. The second-order valence-corrected chi connectivity index (χ2v) is 5.62. The third-order valence-corrected chi connectivity index (χ3v) is 4.22. The Bertz CT molecular complexity index is 702. The summed E-state index contributed by atoms with van der Waals surface area (Å²) in [5, 5.41) is 0. The second-order valence-electron chi connectivity index (χ2n) is 5.62. The average Bonchev–Trinajstić information content (AvgIpc) is 3.14. The molecule has 1 unspecified atom stereocenters. The standard InChI is InChI=1S/C17H18N4/c1-2-5-15-14(4-1)19-17(20-15)16-6-3-11-21(16)12-13-7-9-18-10-8-13/h1-2,4-5,7-10,16H,3,6,11-12H2,(H,19,20). The lowest BCUT2D eigenvalue weighted by molar-refractivity contribution is 0.241. The summed E-state index contributed by atoms with van der Waals surface area (Å²) in [6, 6.07) is 12.8. The number of aromatic nitrogens is 3. The topological polar surface area (TPSA) is 44.8 Å². The number of nitrogens with zero attached hydrogens (tertiary/aromatic N) is 3. The molecule has 2 aromatic heterocycles. The van der Waals surface area contributed by atoms with Gasteiger partial charge in [0.15, 0.2) is 0 Å². The van der Waals surface area contributed by atoms with Gasteiger partial charge in [-0.2, -0.15) is 0 Å². The number of rotatable bonds is 3. The summed E-state index contributed by atoms with van der Waals surface area (Å²) in [5.41, 5.74) is 3.50. The fraction of sp³-hybridized carbons (Fsp3) is 0.294. The molecule has 0 spiro atoms. The highest BCUT2D eigenvalue weighted by Gasteiger charge is 2.28. The van der Waals surface area contributed by atoms with Gasteiger partial charge in [0.1, 0.15) is 5.82 Å². The van der Waals surface area contributed by atoms with E-state index in [4.69, 9.17) is 4.98 Å². The zero-order valence-electron chi connectivity index (χ0n) is 11.9. The normalized spacial score (nSPS) is 19.3. The molecular formula is C17H18N4. The van der Waals surface area contributed by atoms with Crippen LogP contribution in [-0.4, -0.2) is 26.4 Å². The van der Waals surface area contributed by atoms with Crippen molar-refractivity contribution in [1.82, 2.24) is 19.9 Å². The molecule has 4 heteroatoms. The van der Waals surface area contributed by atoms with Crippen LogP contribution in [0.4, 0.5) is 0 Å². The van der Waals surface area contributed by atoms with Crippen molar-refractivity contribution < 1.29 is 0 Å². The zero-order chi connectivity index (χ0) is 14.1. The van der Waals surface area contributed by atoms with Crippen molar-refractivity contribution in [2.75, 3.05) is 6.54 Å². The Labute approximate surface area is 123 Å². The highest BCUT2D eigenvalue weighted by Crippen LogP contribution is 2.32. The molecule has 106 valence electrons. The molecule has 0 radical (unpaired) electrons. The predicted octanol–water partition coefficient (Wildman–Crippen LogP) is 3.30. The summed E-state index contributed by atoms with van der Waals surface area (Å²) in [6.45, 7) is 2.09. The van der Waals surface area contributed by atoms with Crippen LogP contribution in [0.2, 0.25) is 0 Å². The summed E-state index contributed by atoms with van der Waals surface area (Å²) in [4.78, 5) is 14.9. The molecule has 1 fully saturated rings. The van der Waals surface area contributed by atoms with Crippen molar-refractivity contribution in [2.45, 2.75) is 25.4 Å². The highest BCUT2D eigenvalue weighted by molar-refractivity contribution is 5.74. The van der Waals surface area contributed by atoms with Gasteiger partial charge in [0, 0.05) is 18.9 Å². The Kier molecular flexibility index (Phi) is 3.16. The molecule has 4 rings (SSSR count). The number of likely N-dealkylation sites (tertiary alicyclic amines) is 1. The van der Waals surface area contributed by atoms with Crippen molar-refractivity contribution in [2.24, 2.45) is 0 Å². The zero-order valence-corrected chi connectivity index (χ0v) is 11.9. The number of pyridine rings is 1. The van der Waals surface area contributed by atoms with Gasteiger partial charge < -0.3 is 4.98 Å². The average molecular weight is 278 g/mol. The van der Waals surface area contributed by atoms with Crippen molar-refractivity contribution in [1.29, 1.82) is 0 Å². The monoisotopic (exact) mass is 278 g/mol. The fourth-order valence-electron chi connectivity index (χ4n) is 3.18. The number of para-hydroxylation sites is 2. The van der Waals surface area contributed by atoms with Crippen LogP contribution >= 0.6 is 0 Å². The lowest BCUT2D eigenvalue weighted by Gasteiger charge is -2.22. The van der Waals surface area contributed by atoms with Gasteiger partial charge in [-0.05, 0) is 49.2 Å². The summed E-state index contributed by atoms with van der Waals surface area (Å²) in [5.74, 6) is 1.10. The number of hydrogen-bond acceptors (Lipinski definition) is 3. The Morgan fingerprint density at radius 1 is 1.14 bits per heavy atom. The quantitative estimate of drug-likeness (QED) is 0.799. The molecule has 0 amide bonds. The van der Waals surface area contributed by atoms with Crippen molar-refractivity contribution in [3.8, 4) is 0 Å². The van der Waals surface area contributed by atoms with Crippen LogP contribution in [0, 0.1) is 0 Å². The van der Waals surface area contributed by atoms with Gasteiger partial charge in [0.05, 0.1) is 17.1 Å².